The monoisotopic (exact) mass is 200 g/mol. The Labute approximate surface area is 83.4 Å². The molecule has 0 saturated heterocycles. The Hall–Kier alpha value is -1.36. The molecule has 0 bridgehead atoms. The number of imide groups is 1. The molecule has 0 aromatic rings. The molecule has 0 rings (SSSR count). The van der Waals surface area contributed by atoms with Crippen LogP contribution in [0.5, 0.6) is 0 Å². The molecule has 2 amide bonds. The summed E-state index contributed by atoms with van der Waals surface area (Å²) in [6.45, 7) is 2.03. The van der Waals surface area contributed by atoms with Crippen molar-refractivity contribution < 1.29 is 14.7 Å². The predicted octanol–water partition coefficient (Wildman–Crippen LogP) is 1.37. The maximum atomic E-state index is 11.2. The van der Waals surface area contributed by atoms with Crippen LogP contribution >= 0.6 is 0 Å². The van der Waals surface area contributed by atoms with Crippen molar-refractivity contribution in [3.63, 3.8) is 0 Å². The van der Waals surface area contributed by atoms with Crippen LogP contribution in [0.4, 0.5) is 4.79 Å². The number of carbonyl (C=O) groups is 2. The minimum absolute atomic E-state index is 0.104. The number of nitrogens with zero attached hydrogens (tertiary/aromatic N) is 1. The Bertz CT molecular complexity index is 226. The molecule has 80 valence electrons. The highest BCUT2D eigenvalue weighted by Crippen LogP contribution is 1.95. The van der Waals surface area contributed by atoms with Gasteiger partial charge < -0.3 is 5.11 Å². The summed E-state index contributed by atoms with van der Waals surface area (Å²) in [4.78, 5) is 21.7. The molecule has 0 aromatic carbocycles. The van der Waals surface area contributed by atoms with Gasteiger partial charge in [0.25, 0.3) is 0 Å². The first-order valence-electron chi connectivity index (χ1n) is 4.51. The van der Waals surface area contributed by atoms with E-state index in [9.17, 15) is 9.59 Å². The fourth-order valence-corrected chi connectivity index (χ4v) is 0.887. The van der Waals surface area contributed by atoms with Gasteiger partial charge in [-0.05, 0) is 6.42 Å². The summed E-state index contributed by atoms with van der Waals surface area (Å²) in [6.07, 6.45) is 4.28. The smallest absolute Gasteiger partial charge is 0.429 e. The van der Waals surface area contributed by atoms with Gasteiger partial charge in [-0.15, -0.1) is 0 Å². The maximum absolute atomic E-state index is 11.2. The molecule has 0 radical (unpaired) electrons. The summed E-state index contributed by atoms with van der Waals surface area (Å²) >= 11 is 0. The average molecular weight is 200 g/mol. The Morgan fingerprint density at radius 3 is 2.50 bits per heavy atom. The molecule has 2 N–H and O–H groups in total. The highest BCUT2D eigenvalue weighted by molar-refractivity contribution is 5.91. The predicted molar refractivity (Wildman–Crippen MR) is 52.6 cm³/mol. The molecule has 0 aliphatic carbocycles. The molecule has 0 fully saturated rings. The number of hydrogen-bond donors (Lipinski definition) is 2. The number of amides is 2. The first kappa shape index (κ1) is 12.6. The quantitative estimate of drug-likeness (QED) is 0.519. The van der Waals surface area contributed by atoms with Crippen molar-refractivity contribution in [1.29, 1.82) is 0 Å². The molecule has 0 aliphatic heterocycles. The van der Waals surface area contributed by atoms with Gasteiger partial charge in [-0.25, -0.2) is 10.2 Å². The Balaban J connectivity index is 3.99. The second-order valence-corrected chi connectivity index (χ2v) is 2.70. The van der Waals surface area contributed by atoms with Gasteiger partial charge in [0, 0.05) is 13.5 Å². The van der Waals surface area contributed by atoms with Crippen molar-refractivity contribution >= 4 is 12.0 Å². The Kier molecular flexibility index (Phi) is 6.39. The standard InChI is InChI=1S/C9H16N2O3/c1-3-4-5-6-7-8(12)11(10-2)9(13)14/h5-6,10H,3-4,7H2,1-2H3,(H,13,14). The van der Waals surface area contributed by atoms with E-state index in [1.54, 1.807) is 6.08 Å². The Morgan fingerprint density at radius 1 is 1.43 bits per heavy atom. The second kappa shape index (κ2) is 7.08. The molecule has 0 heterocycles. The third-order valence-electron chi connectivity index (χ3n) is 1.58. The zero-order chi connectivity index (χ0) is 11.0. The van der Waals surface area contributed by atoms with Gasteiger partial charge in [0.2, 0.25) is 5.91 Å². The molecule has 0 atom stereocenters. The number of hydrazine groups is 1. The number of unbranched alkanes of at least 4 members (excludes halogenated alkanes) is 1. The van der Waals surface area contributed by atoms with Crippen LogP contribution in [0.3, 0.4) is 0 Å². The lowest BCUT2D eigenvalue weighted by molar-refractivity contribution is -0.130. The minimum atomic E-state index is -1.29. The number of carboxylic acid groups (broad SMARTS) is 1. The third-order valence-corrected chi connectivity index (χ3v) is 1.58. The number of allylic oxidation sites excluding steroid dienone is 1. The maximum Gasteiger partial charge on any atom is 0.429 e. The van der Waals surface area contributed by atoms with Crippen LogP contribution in [0.2, 0.25) is 0 Å². The fraction of sp³-hybridized carbons (Fsp3) is 0.556. The average Bonchev–Trinajstić information content (AvgIpc) is 2.13. The molecule has 14 heavy (non-hydrogen) atoms. The molecule has 0 aliphatic rings. The van der Waals surface area contributed by atoms with E-state index in [-0.39, 0.29) is 6.42 Å². The summed E-state index contributed by atoms with van der Waals surface area (Å²) in [6, 6.07) is 0. The SMILES string of the molecule is CCCC=CCC(=O)N(NC)C(=O)O. The molecule has 0 unspecified atom stereocenters. The van der Waals surface area contributed by atoms with E-state index in [4.69, 9.17) is 5.11 Å². The molecule has 0 aromatic heterocycles. The van der Waals surface area contributed by atoms with Crippen molar-refractivity contribution in [3.8, 4) is 0 Å². The summed E-state index contributed by atoms with van der Waals surface area (Å²) in [5.41, 5.74) is 2.29. The van der Waals surface area contributed by atoms with E-state index in [1.807, 2.05) is 13.0 Å². The van der Waals surface area contributed by atoms with Gasteiger partial charge in [-0.3, -0.25) is 4.79 Å². The first-order chi connectivity index (χ1) is 6.63. The van der Waals surface area contributed by atoms with Crippen LogP contribution in [-0.4, -0.2) is 29.2 Å². The van der Waals surface area contributed by atoms with Crippen LogP contribution in [-0.2, 0) is 4.79 Å². The van der Waals surface area contributed by atoms with Crippen LogP contribution in [0.25, 0.3) is 0 Å². The zero-order valence-corrected chi connectivity index (χ0v) is 8.49. The van der Waals surface area contributed by atoms with Gasteiger partial charge in [0.1, 0.15) is 0 Å². The molecular weight excluding hydrogens is 184 g/mol. The van der Waals surface area contributed by atoms with Crippen LogP contribution < -0.4 is 5.43 Å². The number of carbonyl (C=O) groups excluding carboxylic acids is 1. The van der Waals surface area contributed by atoms with E-state index in [0.717, 1.165) is 12.8 Å². The second-order valence-electron chi connectivity index (χ2n) is 2.70. The fourth-order valence-electron chi connectivity index (χ4n) is 0.887. The van der Waals surface area contributed by atoms with Gasteiger partial charge in [0.15, 0.2) is 0 Å². The normalized spacial score (nSPS) is 10.4. The third kappa shape index (κ3) is 4.61. The summed E-state index contributed by atoms with van der Waals surface area (Å²) in [5.74, 6) is -0.479. The molecule has 5 heteroatoms. The molecule has 0 spiro atoms. The summed E-state index contributed by atoms with van der Waals surface area (Å²) in [7, 11) is 1.39. The van der Waals surface area contributed by atoms with Crippen molar-refractivity contribution in [3.05, 3.63) is 12.2 Å². The van der Waals surface area contributed by atoms with E-state index in [2.05, 4.69) is 5.43 Å². The number of rotatable bonds is 5. The van der Waals surface area contributed by atoms with E-state index in [0.29, 0.717) is 5.01 Å². The van der Waals surface area contributed by atoms with Crippen molar-refractivity contribution in [2.75, 3.05) is 7.05 Å². The molecule has 0 saturated carbocycles. The van der Waals surface area contributed by atoms with Crippen LogP contribution in [0.1, 0.15) is 26.2 Å². The highest BCUT2D eigenvalue weighted by Gasteiger charge is 2.16. The van der Waals surface area contributed by atoms with E-state index < -0.39 is 12.0 Å². The van der Waals surface area contributed by atoms with Crippen molar-refractivity contribution in [2.24, 2.45) is 0 Å². The lowest BCUT2D eigenvalue weighted by atomic mass is 10.3. The van der Waals surface area contributed by atoms with E-state index >= 15 is 0 Å². The number of hydrogen-bond acceptors (Lipinski definition) is 3. The van der Waals surface area contributed by atoms with Crippen molar-refractivity contribution in [2.45, 2.75) is 26.2 Å². The number of nitrogens with one attached hydrogen (secondary N) is 1. The molecular formula is C9H16N2O3. The van der Waals surface area contributed by atoms with Crippen LogP contribution in [0, 0.1) is 0 Å². The topological polar surface area (TPSA) is 69.6 Å². The lowest BCUT2D eigenvalue weighted by Crippen LogP contribution is -2.44. The largest absolute Gasteiger partial charge is 0.464 e. The summed E-state index contributed by atoms with van der Waals surface area (Å²) in [5, 5.41) is 9.13. The van der Waals surface area contributed by atoms with Gasteiger partial charge in [0.05, 0.1) is 0 Å². The van der Waals surface area contributed by atoms with Gasteiger partial charge >= 0.3 is 6.09 Å². The van der Waals surface area contributed by atoms with Crippen LogP contribution in [0.15, 0.2) is 12.2 Å². The zero-order valence-electron chi connectivity index (χ0n) is 8.49. The van der Waals surface area contributed by atoms with E-state index in [1.165, 1.54) is 7.05 Å². The van der Waals surface area contributed by atoms with Crippen molar-refractivity contribution in [1.82, 2.24) is 10.4 Å². The first-order valence-corrected chi connectivity index (χ1v) is 4.51. The van der Waals surface area contributed by atoms with Gasteiger partial charge in [-0.1, -0.05) is 25.5 Å². The van der Waals surface area contributed by atoms with Gasteiger partial charge in [-0.2, -0.15) is 5.01 Å². The highest BCUT2D eigenvalue weighted by atomic mass is 16.4. The summed E-state index contributed by atoms with van der Waals surface area (Å²) < 4.78 is 0. The minimum Gasteiger partial charge on any atom is -0.464 e. The molecule has 5 nitrogen and oxygen atoms in total. The lowest BCUT2D eigenvalue weighted by Gasteiger charge is -2.13. The Morgan fingerprint density at radius 2 is 2.07 bits per heavy atom.